The number of rotatable bonds is 7. The quantitative estimate of drug-likeness (QED) is 0.447. The van der Waals surface area contributed by atoms with E-state index in [2.05, 4.69) is 15.3 Å². The first-order valence-electron chi connectivity index (χ1n) is 9.91. The molecule has 1 amide bonds. The van der Waals surface area contributed by atoms with Crippen LogP contribution in [0.4, 0.5) is 0 Å². The van der Waals surface area contributed by atoms with Crippen LogP contribution >= 0.6 is 0 Å². The van der Waals surface area contributed by atoms with Gasteiger partial charge in [0.25, 0.3) is 5.91 Å². The van der Waals surface area contributed by atoms with Crippen molar-refractivity contribution in [1.82, 2.24) is 15.3 Å². The van der Waals surface area contributed by atoms with Crippen LogP contribution in [0, 0.1) is 0 Å². The summed E-state index contributed by atoms with van der Waals surface area (Å²) >= 11 is 0. The van der Waals surface area contributed by atoms with Gasteiger partial charge in [-0.2, -0.15) is 0 Å². The molecule has 2 aromatic heterocycles. The summed E-state index contributed by atoms with van der Waals surface area (Å²) in [7, 11) is 0. The molecule has 0 aliphatic carbocycles. The Kier molecular flexibility index (Phi) is 6.45. The van der Waals surface area contributed by atoms with E-state index < -0.39 is 0 Å². The van der Waals surface area contributed by atoms with Gasteiger partial charge in [0.05, 0.1) is 5.69 Å². The molecule has 0 saturated heterocycles. The van der Waals surface area contributed by atoms with E-state index in [4.69, 9.17) is 4.74 Å². The summed E-state index contributed by atoms with van der Waals surface area (Å²) in [5.41, 5.74) is 3.27. The Bertz CT molecular complexity index is 1160. The third-order valence-corrected chi connectivity index (χ3v) is 4.51. The van der Waals surface area contributed by atoms with Crippen LogP contribution < -0.4 is 10.1 Å². The molecule has 2 heterocycles. The minimum Gasteiger partial charge on any atom is -0.457 e. The zero-order chi connectivity index (χ0) is 21.3. The lowest BCUT2D eigenvalue weighted by molar-refractivity contribution is 0.0945. The van der Waals surface area contributed by atoms with Gasteiger partial charge in [0.15, 0.2) is 0 Å². The van der Waals surface area contributed by atoms with Crippen molar-refractivity contribution in [3.05, 3.63) is 120 Å². The highest BCUT2D eigenvalue weighted by atomic mass is 16.5. The summed E-state index contributed by atoms with van der Waals surface area (Å²) in [5, 5.41) is 2.87. The maximum absolute atomic E-state index is 12.4. The van der Waals surface area contributed by atoms with E-state index in [1.165, 1.54) is 0 Å². The Hall–Kier alpha value is -4.25. The molecule has 0 atom stereocenters. The van der Waals surface area contributed by atoms with Gasteiger partial charge in [0.2, 0.25) is 0 Å². The van der Waals surface area contributed by atoms with Crippen LogP contribution in [0.1, 0.15) is 27.3 Å². The highest BCUT2D eigenvalue weighted by molar-refractivity contribution is 5.92. The van der Waals surface area contributed by atoms with E-state index in [1.54, 1.807) is 24.5 Å². The molecule has 0 bridgehead atoms. The molecule has 5 heteroatoms. The molecular formula is C26H21N3O2. The fourth-order valence-electron chi connectivity index (χ4n) is 2.91. The first kappa shape index (κ1) is 20.0. The van der Waals surface area contributed by atoms with E-state index in [0.717, 1.165) is 16.8 Å². The molecule has 0 spiro atoms. The van der Waals surface area contributed by atoms with Crippen molar-refractivity contribution in [2.75, 3.05) is 0 Å². The third kappa shape index (κ3) is 5.87. The topological polar surface area (TPSA) is 64.1 Å². The van der Waals surface area contributed by atoms with Crippen LogP contribution in [0.5, 0.6) is 11.5 Å². The third-order valence-electron chi connectivity index (χ3n) is 4.51. The smallest absolute Gasteiger partial charge is 0.270 e. The summed E-state index contributed by atoms with van der Waals surface area (Å²) < 4.78 is 5.89. The number of ether oxygens (including phenoxy) is 1. The van der Waals surface area contributed by atoms with Gasteiger partial charge in [-0.1, -0.05) is 54.6 Å². The van der Waals surface area contributed by atoms with Gasteiger partial charge in [0, 0.05) is 25.0 Å². The van der Waals surface area contributed by atoms with Crippen LogP contribution in [0.2, 0.25) is 0 Å². The fourth-order valence-corrected chi connectivity index (χ4v) is 2.91. The average Bonchev–Trinajstić information content (AvgIpc) is 2.83. The van der Waals surface area contributed by atoms with Crippen molar-refractivity contribution < 1.29 is 9.53 Å². The van der Waals surface area contributed by atoms with Gasteiger partial charge < -0.3 is 10.1 Å². The minimum absolute atomic E-state index is 0.246. The molecule has 5 nitrogen and oxygen atoms in total. The van der Waals surface area contributed by atoms with Gasteiger partial charge in [-0.3, -0.25) is 14.8 Å². The molecule has 31 heavy (non-hydrogen) atoms. The normalized spacial score (nSPS) is 10.7. The van der Waals surface area contributed by atoms with E-state index in [0.29, 0.717) is 23.7 Å². The Morgan fingerprint density at radius 3 is 2.39 bits per heavy atom. The molecule has 0 aliphatic rings. The first-order chi connectivity index (χ1) is 15.3. The maximum Gasteiger partial charge on any atom is 0.270 e. The monoisotopic (exact) mass is 407 g/mol. The lowest BCUT2D eigenvalue weighted by Crippen LogP contribution is -2.23. The van der Waals surface area contributed by atoms with Crippen LogP contribution in [-0.2, 0) is 6.54 Å². The fraction of sp³-hybridized carbons (Fsp3) is 0.0385. The number of benzene rings is 2. The van der Waals surface area contributed by atoms with E-state index in [9.17, 15) is 4.79 Å². The van der Waals surface area contributed by atoms with Crippen LogP contribution in [0.15, 0.2) is 97.3 Å². The lowest BCUT2D eigenvalue weighted by Gasteiger charge is -2.08. The number of hydrogen-bond acceptors (Lipinski definition) is 4. The lowest BCUT2D eigenvalue weighted by atomic mass is 10.2. The Balaban J connectivity index is 1.37. The SMILES string of the molecule is O=C(NCc1ccccc1)c1cc(Oc2ccc(/C=C/c3ccccn3)cc2)ccn1. The second-order valence-corrected chi connectivity index (χ2v) is 6.80. The number of carbonyl (C=O) groups excluding carboxylic acids is 1. The summed E-state index contributed by atoms with van der Waals surface area (Å²) in [6.07, 6.45) is 7.28. The van der Waals surface area contributed by atoms with Gasteiger partial charge in [-0.25, -0.2) is 0 Å². The highest BCUT2D eigenvalue weighted by Gasteiger charge is 2.09. The number of hydrogen-bond donors (Lipinski definition) is 1. The number of nitrogens with zero attached hydrogens (tertiary/aromatic N) is 2. The van der Waals surface area contributed by atoms with Gasteiger partial charge in [-0.05, 0) is 47.5 Å². The van der Waals surface area contributed by atoms with Crippen molar-refractivity contribution in [1.29, 1.82) is 0 Å². The van der Waals surface area contributed by atoms with Gasteiger partial charge in [0.1, 0.15) is 17.2 Å². The minimum atomic E-state index is -0.246. The first-order valence-corrected chi connectivity index (χ1v) is 9.91. The van der Waals surface area contributed by atoms with Crippen molar-refractivity contribution in [3.8, 4) is 11.5 Å². The second kappa shape index (κ2) is 9.98. The number of nitrogens with one attached hydrogen (secondary N) is 1. The predicted molar refractivity (Wildman–Crippen MR) is 122 cm³/mol. The van der Waals surface area contributed by atoms with Crippen LogP contribution in [0.25, 0.3) is 12.2 Å². The Morgan fingerprint density at radius 2 is 1.61 bits per heavy atom. The predicted octanol–water partition coefficient (Wildman–Crippen LogP) is 5.37. The second-order valence-electron chi connectivity index (χ2n) is 6.80. The molecule has 0 saturated carbocycles. The van der Waals surface area contributed by atoms with Crippen molar-refractivity contribution in [3.63, 3.8) is 0 Å². The molecular weight excluding hydrogens is 386 g/mol. The largest absolute Gasteiger partial charge is 0.457 e. The number of aromatic nitrogens is 2. The summed E-state index contributed by atoms with van der Waals surface area (Å²) in [6, 6.07) is 26.6. The number of pyridine rings is 2. The molecule has 4 rings (SSSR count). The molecule has 0 unspecified atom stereocenters. The van der Waals surface area contributed by atoms with Crippen molar-refractivity contribution in [2.45, 2.75) is 6.54 Å². The molecule has 4 aromatic rings. The Labute approximate surface area is 181 Å². The van der Waals surface area contributed by atoms with E-state index >= 15 is 0 Å². The highest BCUT2D eigenvalue weighted by Crippen LogP contribution is 2.22. The van der Waals surface area contributed by atoms with Crippen molar-refractivity contribution >= 4 is 18.1 Å². The van der Waals surface area contributed by atoms with Crippen LogP contribution in [0.3, 0.4) is 0 Å². The molecule has 152 valence electrons. The maximum atomic E-state index is 12.4. The molecule has 0 radical (unpaired) electrons. The molecule has 0 fully saturated rings. The van der Waals surface area contributed by atoms with Gasteiger partial charge in [-0.15, -0.1) is 0 Å². The summed E-state index contributed by atoms with van der Waals surface area (Å²) in [4.78, 5) is 20.8. The number of carbonyl (C=O) groups is 1. The standard InChI is InChI=1S/C26H21N3O2/c30-26(29-19-21-6-2-1-3-7-21)25-18-24(15-17-28-25)31-23-13-10-20(11-14-23)9-12-22-8-4-5-16-27-22/h1-18H,19H2,(H,29,30)/b12-9+. The van der Waals surface area contributed by atoms with E-state index in [-0.39, 0.29) is 5.91 Å². The van der Waals surface area contributed by atoms with E-state index in [1.807, 2.05) is 84.9 Å². The molecule has 2 aromatic carbocycles. The molecule has 0 aliphatic heterocycles. The van der Waals surface area contributed by atoms with Crippen molar-refractivity contribution in [2.24, 2.45) is 0 Å². The summed E-state index contributed by atoms with van der Waals surface area (Å²) in [5.74, 6) is 0.984. The zero-order valence-electron chi connectivity index (χ0n) is 16.8. The summed E-state index contributed by atoms with van der Waals surface area (Å²) in [6.45, 7) is 0.444. The Morgan fingerprint density at radius 1 is 0.806 bits per heavy atom. The number of amides is 1. The van der Waals surface area contributed by atoms with Crippen LogP contribution in [-0.4, -0.2) is 15.9 Å². The van der Waals surface area contributed by atoms with Gasteiger partial charge >= 0.3 is 0 Å². The average molecular weight is 407 g/mol. The molecule has 1 N–H and O–H groups in total. The zero-order valence-corrected chi connectivity index (χ0v) is 16.8.